The molecular formula is C18H22N2O4S. The first-order chi connectivity index (χ1) is 11.8. The van der Waals surface area contributed by atoms with Crippen LogP contribution in [0.5, 0.6) is 0 Å². The third-order valence-corrected chi connectivity index (χ3v) is 5.15. The second-order valence-electron chi connectivity index (χ2n) is 5.85. The molecule has 0 radical (unpaired) electrons. The maximum atomic E-state index is 12.6. The number of aliphatic hydroxyl groups excluding tert-OH is 1. The number of aliphatic hydroxyl groups is 1. The molecule has 0 aliphatic rings. The summed E-state index contributed by atoms with van der Waals surface area (Å²) in [5.74, 6) is -0.430. The number of carbonyl (C=O) groups is 1. The quantitative estimate of drug-likeness (QED) is 0.697. The molecule has 6 nitrogen and oxygen atoms in total. The molecular weight excluding hydrogens is 340 g/mol. The number of nitrogens with one attached hydrogen (secondary N) is 2. The highest BCUT2D eigenvalue weighted by molar-refractivity contribution is 7.89. The third kappa shape index (κ3) is 5.38. The van der Waals surface area contributed by atoms with Gasteiger partial charge in [-0.25, -0.2) is 13.1 Å². The average molecular weight is 362 g/mol. The van der Waals surface area contributed by atoms with Crippen LogP contribution < -0.4 is 10.0 Å². The normalized spacial score (nSPS) is 12.6. The van der Waals surface area contributed by atoms with Crippen molar-refractivity contribution in [2.24, 2.45) is 0 Å². The predicted molar refractivity (Wildman–Crippen MR) is 95.7 cm³/mol. The van der Waals surface area contributed by atoms with Gasteiger partial charge in [0.2, 0.25) is 10.0 Å². The second-order valence-corrected chi connectivity index (χ2v) is 7.58. The molecule has 0 fully saturated rings. The zero-order valence-electron chi connectivity index (χ0n) is 14.2. The van der Waals surface area contributed by atoms with Crippen molar-refractivity contribution in [1.29, 1.82) is 0 Å². The van der Waals surface area contributed by atoms with Gasteiger partial charge in [0.05, 0.1) is 11.0 Å². The zero-order chi connectivity index (χ0) is 18.4. The summed E-state index contributed by atoms with van der Waals surface area (Å²) in [5, 5.41) is 11.8. The average Bonchev–Trinajstić information content (AvgIpc) is 2.59. The minimum atomic E-state index is -3.76. The van der Waals surface area contributed by atoms with Crippen molar-refractivity contribution in [2.75, 3.05) is 6.54 Å². The van der Waals surface area contributed by atoms with E-state index in [0.717, 1.165) is 5.56 Å². The number of amides is 1. The van der Waals surface area contributed by atoms with E-state index in [1.54, 1.807) is 26.0 Å². The molecule has 0 heterocycles. The topological polar surface area (TPSA) is 95.5 Å². The first-order valence-electron chi connectivity index (χ1n) is 7.90. The van der Waals surface area contributed by atoms with E-state index in [2.05, 4.69) is 10.0 Å². The lowest BCUT2D eigenvalue weighted by molar-refractivity contribution is 0.0924. The molecule has 1 atom stereocenters. The van der Waals surface area contributed by atoms with Crippen molar-refractivity contribution in [3.63, 3.8) is 0 Å². The highest BCUT2D eigenvalue weighted by atomic mass is 32.2. The summed E-state index contributed by atoms with van der Waals surface area (Å²) in [6, 6.07) is 13.7. The van der Waals surface area contributed by atoms with Crippen molar-refractivity contribution in [3.8, 4) is 0 Å². The molecule has 0 saturated heterocycles. The van der Waals surface area contributed by atoms with Crippen LogP contribution in [0.3, 0.4) is 0 Å². The molecule has 3 N–H and O–H groups in total. The Kier molecular flexibility index (Phi) is 6.30. The molecule has 2 aromatic rings. The van der Waals surface area contributed by atoms with E-state index in [9.17, 15) is 18.3 Å². The molecule has 1 unspecified atom stereocenters. The van der Waals surface area contributed by atoms with Gasteiger partial charge in [-0.1, -0.05) is 36.4 Å². The molecule has 25 heavy (non-hydrogen) atoms. The second kappa shape index (κ2) is 8.24. The lowest BCUT2D eigenvalue weighted by Crippen LogP contribution is -2.31. The van der Waals surface area contributed by atoms with E-state index < -0.39 is 22.0 Å². The van der Waals surface area contributed by atoms with Crippen LogP contribution in [0.25, 0.3) is 0 Å². The van der Waals surface area contributed by atoms with Crippen molar-refractivity contribution in [3.05, 3.63) is 65.2 Å². The number of hydrogen-bond donors (Lipinski definition) is 3. The Morgan fingerprint density at radius 2 is 1.84 bits per heavy atom. The van der Waals surface area contributed by atoms with Crippen LogP contribution in [-0.2, 0) is 16.6 Å². The molecule has 2 rings (SSSR count). The van der Waals surface area contributed by atoms with Gasteiger partial charge in [0, 0.05) is 18.7 Å². The standard InChI is InChI=1S/C18H22N2O4S/c1-13-8-9-16(18(22)19-11-14(2)21)10-17(13)25(23,24)20-12-15-6-4-3-5-7-15/h3-10,14,20-21H,11-12H2,1-2H3,(H,19,22). The van der Waals surface area contributed by atoms with Gasteiger partial charge in [-0.05, 0) is 37.1 Å². The largest absolute Gasteiger partial charge is 0.392 e. The van der Waals surface area contributed by atoms with Gasteiger partial charge in [0.1, 0.15) is 0 Å². The Hall–Kier alpha value is -2.22. The predicted octanol–water partition coefficient (Wildman–Crippen LogP) is 1.58. The van der Waals surface area contributed by atoms with E-state index in [0.29, 0.717) is 5.56 Å². The molecule has 0 aromatic heterocycles. The van der Waals surface area contributed by atoms with Crippen molar-refractivity contribution in [2.45, 2.75) is 31.4 Å². The fraction of sp³-hybridized carbons (Fsp3) is 0.278. The number of sulfonamides is 1. The summed E-state index contributed by atoms with van der Waals surface area (Å²) >= 11 is 0. The minimum Gasteiger partial charge on any atom is -0.392 e. The summed E-state index contributed by atoms with van der Waals surface area (Å²) in [4.78, 5) is 12.1. The van der Waals surface area contributed by atoms with Crippen LogP contribution in [-0.4, -0.2) is 32.1 Å². The first kappa shape index (κ1) is 19.1. The molecule has 0 aliphatic carbocycles. The molecule has 0 aliphatic heterocycles. The Labute approximate surface area is 147 Å². The number of carbonyl (C=O) groups excluding carboxylic acids is 1. The maximum Gasteiger partial charge on any atom is 0.251 e. The molecule has 134 valence electrons. The van der Waals surface area contributed by atoms with Gasteiger partial charge in [0.25, 0.3) is 5.91 Å². The van der Waals surface area contributed by atoms with Crippen LogP contribution in [0.1, 0.15) is 28.4 Å². The number of benzene rings is 2. The van der Waals surface area contributed by atoms with E-state index >= 15 is 0 Å². The highest BCUT2D eigenvalue weighted by Gasteiger charge is 2.19. The maximum absolute atomic E-state index is 12.6. The third-order valence-electron chi connectivity index (χ3n) is 3.61. The summed E-state index contributed by atoms with van der Waals surface area (Å²) in [5.41, 5.74) is 1.62. The number of rotatable bonds is 7. The monoisotopic (exact) mass is 362 g/mol. The van der Waals surface area contributed by atoms with Gasteiger partial charge >= 0.3 is 0 Å². The van der Waals surface area contributed by atoms with E-state index in [1.807, 2.05) is 30.3 Å². The van der Waals surface area contributed by atoms with Crippen LogP contribution >= 0.6 is 0 Å². The van der Waals surface area contributed by atoms with Crippen LogP contribution in [0.4, 0.5) is 0 Å². The van der Waals surface area contributed by atoms with Gasteiger partial charge in [0.15, 0.2) is 0 Å². The summed E-state index contributed by atoms with van der Waals surface area (Å²) in [6.45, 7) is 3.50. The zero-order valence-corrected chi connectivity index (χ0v) is 15.0. The lowest BCUT2D eigenvalue weighted by atomic mass is 10.1. The molecule has 0 saturated carbocycles. The van der Waals surface area contributed by atoms with Gasteiger partial charge < -0.3 is 10.4 Å². The van der Waals surface area contributed by atoms with Crippen molar-refractivity contribution in [1.82, 2.24) is 10.0 Å². The number of hydrogen-bond acceptors (Lipinski definition) is 4. The fourth-order valence-corrected chi connectivity index (χ4v) is 3.51. The Bertz CT molecular complexity index is 833. The van der Waals surface area contributed by atoms with E-state index in [4.69, 9.17) is 0 Å². The Morgan fingerprint density at radius 3 is 2.48 bits per heavy atom. The Morgan fingerprint density at radius 1 is 1.16 bits per heavy atom. The Balaban J connectivity index is 2.19. The van der Waals surface area contributed by atoms with Gasteiger partial charge in [-0.2, -0.15) is 0 Å². The van der Waals surface area contributed by atoms with Gasteiger partial charge in [-0.15, -0.1) is 0 Å². The minimum absolute atomic E-state index is 0.0631. The van der Waals surface area contributed by atoms with E-state index in [1.165, 1.54) is 6.07 Å². The molecule has 2 aromatic carbocycles. The SMILES string of the molecule is Cc1ccc(C(=O)NCC(C)O)cc1S(=O)(=O)NCc1ccccc1. The van der Waals surface area contributed by atoms with Crippen LogP contribution in [0.15, 0.2) is 53.4 Å². The molecule has 7 heteroatoms. The summed E-state index contributed by atoms with van der Waals surface area (Å²) in [7, 11) is -3.76. The van der Waals surface area contributed by atoms with Crippen LogP contribution in [0.2, 0.25) is 0 Å². The van der Waals surface area contributed by atoms with Crippen molar-refractivity contribution < 1.29 is 18.3 Å². The lowest BCUT2D eigenvalue weighted by Gasteiger charge is -2.12. The van der Waals surface area contributed by atoms with E-state index in [-0.39, 0.29) is 23.5 Å². The summed E-state index contributed by atoms with van der Waals surface area (Å²) in [6.07, 6.45) is -0.676. The number of aryl methyl sites for hydroxylation is 1. The molecule has 0 bridgehead atoms. The smallest absolute Gasteiger partial charge is 0.251 e. The molecule has 1 amide bonds. The summed E-state index contributed by atoms with van der Waals surface area (Å²) < 4.78 is 27.7. The van der Waals surface area contributed by atoms with Crippen LogP contribution in [0, 0.1) is 6.92 Å². The van der Waals surface area contributed by atoms with Crippen molar-refractivity contribution >= 4 is 15.9 Å². The first-order valence-corrected chi connectivity index (χ1v) is 9.38. The fourth-order valence-electron chi connectivity index (χ4n) is 2.23. The van der Waals surface area contributed by atoms with Gasteiger partial charge in [-0.3, -0.25) is 4.79 Å². The molecule has 0 spiro atoms. The highest BCUT2D eigenvalue weighted by Crippen LogP contribution is 2.17.